The Balaban J connectivity index is 1.61. The maximum absolute atomic E-state index is 14.7. The average Bonchev–Trinajstić information content (AvgIpc) is 3.22. The number of alkyl halides is 1. The van der Waals surface area contributed by atoms with E-state index in [1.165, 1.54) is 6.33 Å². The Hall–Kier alpha value is -3.52. The number of aromatic nitrogens is 4. The van der Waals surface area contributed by atoms with Crippen LogP contribution in [0.2, 0.25) is 0 Å². The molecule has 33 heavy (non-hydrogen) atoms. The van der Waals surface area contributed by atoms with Gasteiger partial charge in [-0.25, -0.2) is 14.4 Å². The van der Waals surface area contributed by atoms with Gasteiger partial charge in [-0.1, -0.05) is 30.3 Å². The third-order valence-electron chi connectivity index (χ3n) is 6.02. The highest BCUT2D eigenvalue weighted by Crippen LogP contribution is 2.39. The van der Waals surface area contributed by atoms with Gasteiger partial charge in [-0.05, 0) is 19.5 Å². The van der Waals surface area contributed by atoms with E-state index in [0.717, 1.165) is 34.4 Å². The van der Waals surface area contributed by atoms with Gasteiger partial charge in [0.05, 0.1) is 18.3 Å². The molecule has 0 unspecified atom stereocenters. The first-order chi connectivity index (χ1) is 16.0. The van der Waals surface area contributed by atoms with Crippen LogP contribution in [0.4, 0.5) is 4.39 Å². The van der Waals surface area contributed by atoms with Gasteiger partial charge in [-0.3, -0.25) is 4.68 Å². The number of ether oxygens (including phenoxy) is 2. The molecule has 2 aromatic heterocycles. The maximum Gasteiger partial charge on any atom is 0.162 e. The van der Waals surface area contributed by atoms with Crippen LogP contribution in [0.1, 0.15) is 6.42 Å². The first-order valence-corrected chi connectivity index (χ1v) is 10.9. The minimum atomic E-state index is -1.07. The molecular weight excluding hydrogens is 421 g/mol. The Kier molecular flexibility index (Phi) is 5.68. The van der Waals surface area contributed by atoms with Crippen LogP contribution in [0, 0.1) is 0 Å². The summed E-state index contributed by atoms with van der Waals surface area (Å²) in [5.74, 6) is 1.01. The normalized spacial score (nSPS) is 19.0. The van der Waals surface area contributed by atoms with E-state index in [1.807, 2.05) is 67.7 Å². The minimum absolute atomic E-state index is 0.352. The van der Waals surface area contributed by atoms with Crippen LogP contribution in [0.5, 0.6) is 11.5 Å². The molecule has 1 fully saturated rings. The van der Waals surface area contributed by atoms with E-state index in [-0.39, 0.29) is 0 Å². The number of fused-ring (bicyclic) bond motifs is 1. The second kappa shape index (κ2) is 8.78. The number of hydrogen-bond donors (Lipinski definition) is 0. The molecule has 2 atom stereocenters. The first-order valence-electron chi connectivity index (χ1n) is 10.9. The molecule has 0 saturated carbocycles. The van der Waals surface area contributed by atoms with Crippen molar-refractivity contribution in [1.82, 2.24) is 24.6 Å². The fourth-order valence-corrected chi connectivity index (χ4v) is 4.33. The molecule has 170 valence electrons. The molecule has 4 aromatic rings. The number of methoxy groups -OCH3 is 1. The first kappa shape index (κ1) is 21.3. The molecular formula is C25H26FN5O2. The van der Waals surface area contributed by atoms with Crippen molar-refractivity contribution in [2.45, 2.75) is 18.7 Å². The Bertz CT molecular complexity index is 1280. The molecule has 0 aliphatic carbocycles. The van der Waals surface area contributed by atoms with E-state index in [0.29, 0.717) is 30.0 Å². The Morgan fingerprint density at radius 1 is 1.03 bits per heavy atom. The second-order valence-corrected chi connectivity index (χ2v) is 8.40. The molecule has 0 N–H and O–H groups in total. The SMILES string of the molecule is COc1cc2ncnc(-c3cn(C)nc3-c3ccccc3)c2cc1O[C@H]1CCN(C)C[C@@H]1F. The van der Waals surface area contributed by atoms with E-state index in [4.69, 9.17) is 9.47 Å². The number of likely N-dealkylation sites (tertiary alicyclic amines) is 1. The van der Waals surface area contributed by atoms with Crippen LogP contribution in [0.15, 0.2) is 55.0 Å². The molecule has 3 heterocycles. The molecule has 0 bridgehead atoms. The number of piperidine rings is 1. The summed E-state index contributed by atoms with van der Waals surface area (Å²) in [5, 5.41) is 5.47. The number of rotatable bonds is 5. The Morgan fingerprint density at radius 2 is 1.85 bits per heavy atom. The lowest BCUT2D eigenvalue weighted by Crippen LogP contribution is -2.45. The van der Waals surface area contributed by atoms with Crippen LogP contribution >= 0.6 is 0 Å². The third-order valence-corrected chi connectivity index (χ3v) is 6.02. The zero-order valence-electron chi connectivity index (χ0n) is 18.9. The zero-order valence-corrected chi connectivity index (χ0v) is 18.9. The van der Waals surface area contributed by atoms with Gasteiger partial charge >= 0.3 is 0 Å². The summed E-state index contributed by atoms with van der Waals surface area (Å²) in [4.78, 5) is 11.0. The number of halogens is 1. The highest BCUT2D eigenvalue weighted by molar-refractivity contribution is 5.97. The molecule has 1 saturated heterocycles. The highest BCUT2D eigenvalue weighted by Gasteiger charge is 2.30. The van der Waals surface area contributed by atoms with E-state index < -0.39 is 12.3 Å². The summed E-state index contributed by atoms with van der Waals surface area (Å²) in [6.07, 6.45) is 2.49. The topological polar surface area (TPSA) is 65.3 Å². The van der Waals surface area contributed by atoms with Crippen molar-refractivity contribution >= 4 is 10.9 Å². The number of hydrogen-bond acceptors (Lipinski definition) is 6. The standard InChI is InChI=1S/C25H26FN5O2/c1-30-10-9-21(19(26)14-30)33-23-11-17-20(12-22(23)32-3)27-15-28-25(17)18-13-31(2)29-24(18)16-7-5-4-6-8-16/h4-8,11-13,15,19,21H,9-10,14H2,1-3H3/t19-,21-/m0/s1. The van der Waals surface area contributed by atoms with Gasteiger partial charge in [0.15, 0.2) is 11.5 Å². The monoisotopic (exact) mass is 447 g/mol. The third kappa shape index (κ3) is 4.14. The van der Waals surface area contributed by atoms with Crippen LogP contribution in [0.3, 0.4) is 0 Å². The van der Waals surface area contributed by atoms with Crippen LogP contribution in [-0.2, 0) is 7.05 Å². The average molecular weight is 448 g/mol. The van der Waals surface area contributed by atoms with Crippen molar-refractivity contribution < 1.29 is 13.9 Å². The molecule has 0 radical (unpaired) electrons. The maximum atomic E-state index is 14.7. The zero-order chi connectivity index (χ0) is 22.9. The van der Waals surface area contributed by atoms with Crippen molar-refractivity contribution in [2.75, 3.05) is 27.2 Å². The van der Waals surface area contributed by atoms with Crippen LogP contribution in [0.25, 0.3) is 33.4 Å². The summed E-state index contributed by atoms with van der Waals surface area (Å²) >= 11 is 0. The van der Waals surface area contributed by atoms with Gasteiger partial charge in [-0.2, -0.15) is 5.10 Å². The van der Waals surface area contributed by atoms with E-state index in [1.54, 1.807) is 11.8 Å². The lowest BCUT2D eigenvalue weighted by molar-refractivity contribution is 0.0299. The molecule has 7 nitrogen and oxygen atoms in total. The Labute approximate surface area is 191 Å². The predicted octanol–water partition coefficient (Wildman–Crippen LogP) is 4.13. The predicted molar refractivity (Wildman–Crippen MR) is 125 cm³/mol. The number of benzene rings is 2. The van der Waals surface area contributed by atoms with Crippen molar-refractivity contribution in [3.8, 4) is 34.0 Å². The molecule has 5 rings (SSSR count). The molecule has 2 aromatic carbocycles. The Morgan fingerprint density at radius 3 is 2.61 bits per heavy atom. The van der Waals surface area contributed by atoms with Gasteiger partial charge in [0.25, 0.3) is 0 Å². The molecule has 1 aliphatic heterocycles. The molecule has 1 aliphatic rings. The van der Waals surface area contributed by atoms with Crippen molar-refractivity contribution in [3.63, 3.8) is 0 Å². The fourth-order valence-electron chi connectivity index (χ4n) is 4.33. The van der Waals surface area contributed by atoms with E-state index >= 15 is 0 Å². The van der Waals surface area contributed by atoms with E-state index in [2.05, 4.69) is 15.1 Å². The largest absolute Gasteiger partial charge is 0.493 e. The van der Waals surface area contributed by atoms with E-state index in [9.17, 15) is 4.39 Å². The summed E-state index contributed by atoms with van der Waals surface area (Å²) in [7, 11) is 5.38. The fraction of sp³-hybridized carbons (Fsp3) is 0.320. The van der Waals surface area contributed by atoms with Crippen LogP contribution in [-0.4, -0.2) is 64.2 Å². The quantitative estimate of drug-likeness (QED) is 0.458. The molecule has 0 amide bonds. The van der Waals surface area contributed by atoms with Crippen molar-refractivity contribution in [3.05, 3.63) is 55.0 Å². The minimum Gasteiger partial charge on any atom is -0.493 e. The lowest BCUT2D eigenvalue weighted by Gasteiger charge is -2.32. The summed E-state index contributed by atoms with van der Waals surface area (Å²) in [6.45, 7) is 1.14. The van der Waals surface area contributed by atoms with Crippen molar-refractivity contribution in [2.24, 2.45) is 7.05 Å². The van der Waals surface area contributed by atoms with Gasteiger partial charge in [0.2, 0.25) is 0 Å². The van der Waals surface area contributed by atoms with Gasteiger partial charge in [0, 0.05) is 48.9 Å². The molecule has 8 heteroatoms. The number of aryl methyl sites for hydroxylation is 1. The second-order valence-electron chi connectivity index (χ2n) is 8.40. The lowest BCUT2D eigenvalue weighted by atomic mass is 10.0. The van der Waals surface area contributed by atoms with Crippen molar-refractivity contribution in [1.29, 1.82) is 0 Å². The summed E-state index contributed by atoms with van der Waals surface area (Å²) < 4.78 is 28.2. The summed E-state index contributed by atoms with van der Waals surface area (Å²) in [5.41, 5.74) is 4.16. The highest BCUT2D eigenvalue weighted by atomic mass is 19.1. The smallest absolute Gasteiger partial charge is 0.162 e. The van der Waals surface area contributed by atoms with Crippen LogP contribution < -0.4 is 9.47 Å². The molecule has 0 spiro atoms. The number of nitrogens with zero attached hydrogens (tertiary/aromatic N) is 5. The van der Waals surface area contributed by atoms with Gasteiger partial charge < -0.3 is 14.4 Å². The van der Waals surface area contributed by atoms with Gasteiger partial charge in [-0.15, -0.1) is 0 Å². The summed E-state index contributed by atoms with van der Waals surface area (Å²) in [6, 6.07) is 13.7. The van der Waals surface area contributed by atoms with Gasteiger partial charge in [0.1, 0.15) is 24.3 Å².